The molecule has 0 bridgehead atoms. The normalized spacial score (nSPS) is 19.1. The van der Waals surface area contributed by atoms with Gasteiger partial charge in [-0.15, -0.1) is 0 Å². The summed E-state index contributed by atoms with van der Waals surface area (Å²) in [4.78, 5) is 59.0. The molecular formula is C58H104AlLiN8O7. The molecule has 8 rings (SSSR count). The van der Waals surface area contributed by atoms with Crippen molar-refractivity contribution in [1.82, 2.24) is 40.0 Å². The molecule has 75 heavy (non-hydrogen) atoms. The van der Waals surface area contributed by atoms with Gasteiger partial charge < -0.3 is 51.1 Å². The fourth-order valence-corrected chi connectivity index (χ4v) is 8.77. The van der Waals surface area contributed by atoms with Crippen LogP contribution in [0, 0.1) is 23.7 Å². The van der Waals surface area contributed by atoms with E-state index in [1.54, 1.807) is 35.7 Å². The molecule has 4 atom stereocenters. The third-order valence-electron chi connectivity index (χ3n) is 12.0. The second kappa shape index (κ2) is 45.4. The zero-order valence-corrected chi connectivity index (χ0v) is 46.2. The van der Waals surface area contributed by atoms with Gasteiger partial charge in [0.25, 0.3) is 0 Å². The van der Waals surface area contributed by atoms with Gasteiger partial charge in [0.15, 0.2) is 17.4 Å². The Morgan fingerprint density at radius 1 is 0.707 bits per heavy atom. The first-order chi connectivity index (χ1) is 34.1. The molecule has 0 spiro atoms. The summed E-state index contributed by atoms with van der Waals surface area (Å²) in [5.41, 5.74) is 3.61. The van der Waals surface area contributed by atoms with Crippen LogP contribution in [0.25, 0.3) is 0 Å². The average Bonchev–Trinajstić information content (AvgIpc) is 4.23. The first-order valence-electron chi connectivity index (χ1n) is 25.6. The Bertz CT molecular complexity index is 1860. The second-order valence-corrected chi connectivity index (χ2v) is 19.5. The number of benzene rings is 3. The van der Waals surface area contributed by atoms with E-state index in [9.17, 15) is 19.2 Å². The van der Waals surface area contributed by atoms with Crippen molar-refractivity contribution >= 4 is 41.1 Å². The topological polar surface area (TPSA) is 150 Å². The molecule has 0 aliphatic carbocycles. The molecule has 5 aliphatic rings. The van der Waals surface area contributed by atoms with Gasteiger partial charge in [0, 0.05) is 99.1 Å². The van der Waals surface area contributed by atoms with Crippen molar-refractivity contribution < 1.29 is 54.0 Å². The Balaban J connectivity index is -0.000000423. The molecule has 5 fully saturated rings. The molecule has 0 radical (unpaired) electrons. The number of aliphatic hydroxyl groups excluding tert-OH is 1. The van der Waals surface area contributed by atoms with Crippen LogP contribution in [0.15, 0.2) is 91.0 Å². The van der Waals surface area contributed by atoms with Crippen molar-refractivity contribution in [3.8, 4) is 0 Å². The van der Waals surface area contributed by atoms with E-state index in [0.717, 1.165) is 42.7 Å². The number of esters is 1. The fourth-order valence-electron chi connectivity index (χ4n) is 8.77. The van der Waals surface area contributed by atoms with E-state index >= 15 is 0 Å². The van der Waals surface area contributed by atoms with Gasteiger partial charge in [-0.25, -0.2) is 0 Å². The maximum absolute atomic E-state index is 11.9. The smallest absolute Gasteiger partial charge is 1.00 e. The number of hydrogen-bond donors (Lipinski definition) is 3. The zero-order chi connectivity index (χ0) is 52.4. The van der Waals surface area contributed by atoms with Gasteiger partial charge in [-0.2, -0.15) is 0 Å². The van der Waals surface area contributed by atoms with Gasteiger partial charge in [0.05, 0.1) is 18.9 Å². The monoisotopic (exact) mass is 1060 g/mol. The summed E-state index contributed by atoms with van der Waals surface area (Å²) in [6.45, 7) is 14.6. The Hall–Kier alpha value is -3.61. The fraction of sp³-hybridized carbons (Fsp3) is 0.621. The minimum absolute atomic E-state index is 0. The Morgan fingerprint density at radius 3 is 1.49 bits per heavy atom. The number of nitrogens with one attached hydrogen (secondary N) is 2. The first-order valence-corrected chi connectivity index (χ1v) is 25.6. The number of hydrogen-bond acceptors (Lipinski definition) is 12. The summed E-state index contributed by atoms with van der Waals surface area (Å²) in [6, 6.07) is 30.4. The Labute approximate surface area is 479 Å². The van der Waals surface area contributed by atoms with Gasteiger partial charge in [0.1, 0.15) is 0 Å². The van der Waals surface area contributed by atoms with Crippen LogP contribution in [0.2, 0.25) is 0 Å². The minimum Gasteiger partial charge on any atom is -1.00 e. The van der Waals surface area contributed by atoms with Crippen molar-refractivity contribution in [1.29, 1.82) is 0 Å². The van der Waals surface area contributed by atoms with E-state index in [2.05, 4.69) is 88.6 Å². The van der Waals surface area contributed by atoms with Gasteiger partial charge in [-0.3, -0.25) is 24.1 Å². The summed E-state index contributed by atoms with van der Waals surface area (Å²) in [7, 11) is 17.2. The molecule has 3 aromatic carbocycles. The number of rotatable bonds is 12. The molecule has 3 aromatic rings. The minimum atomic E-state index is -0.309. The van der Waals surface area contributed by atoms with Gasteiger partial charge in [-0.05, 0) is 123 Å². The summed E-state index contributed by atoms with van der Waals surface area (Å²) < 4.78 is 9.61. The second-order valence-electron chi connectivity index (χ2n) is 19.5. The van der Waals surface area contributed by atoms with E-state index in [1.807, 2.05) is 74.8 Å². The first kappa shape index (κ1) is 75.6. The van der Waals surface area contributed by atoms with Crippen LogP contribution in [-0.2, 0) is 48.3 Å². The predicted molar refractivity (Wildman–Crippen MR) is 311 cm³/mol. The van der Waals surface area contributed by atoms with E-state index < -0.39 is 0 Å². The Kier molecular flexibility index (Phi) is 45.8. The average molecular weight is 1060 g/mol. The van der Waals surface area contributed by atoms with E-state index in [1.165, 1.54) is 77.6 Å². The molecule has 422 valence electrons. The van der Waals surface area contributed by atoms with Gasteiger partial charge >= 0.3 is 24.8 Å². The standard InChI is InChI=1S/C14H18N2O2.C14H22N2.C13H15NO3.C7H16N2.C4H8O.C2H7N.C2H6O.2CH4.Al.Li.4H/c1-15(2)14(18)12-8-13(17)16(10-12)9-11-6-4-3-5-7-11;1-15(2)10-14-8-9-16(12-14)11-13-6-4-3-5-7-13;1-17-13(16)11-7-12(15)14(9-11)8-10-5-3-2-4-6-10;1-9(2)6-7-3-4-8-5-7;1-2-4-5-3-1;1-3-2;1-2-3;;;;;;;;/h3-7,12H,8-10H2,1-2H3;3-7,14H,8-12H2,1-2H3;2-6,11H,7-9H2,1H3;7-8H,3-6H2,1-2H3;1-4H2;3H,1-2H3;3H,2H2,1H3;2*1H4;;;;;;/q;;;;;;;;;;+1;;;;-1. The third kappa shape index (κ3) is 33.3. The maximum atomic E-state index is 11.9. The summed E-state index contributed by atoms with van der Waals surface area (Å²) in [6.07, 6.45) is 5.87. The molecule has 17 heteroatoms. The molecule has 3 N–H and O–H groups in total. The van der Waals surface area contributed by atoms with Crippen LogP contribution in [0.4, 0.5) is 0 Å². The number of carbonyl (C=O) groups excluding carboxylic acids is 4. The molecule has 0 aromatic heterocycles. The number of methoxy groups -OCH3 is 1. The van der Waals surface area contributed by atoms with Gasteiger partial charge in [-0.1, -0.05) is 106 Å². The number of nitrogens with zero attached hydrogens (tertiary/aromatic N) is 6. The summed E-state index contributed by atoms with van der Waals surface area (Å²) in [5, 5.41) is 13.7. The van der Waals surface area contributed by atoms with Crippen LogP contribution in [0.1, 0.15) is 78.4 Å². The zero-order valence-electron chi connectivity index (χ0n) is 47.2. The van der Waals surface area contributed by atoms with Gasteiger partial charge in [0.2, 0.25) is 17.7 Å². The quantitative estimate of drug-likeness (QED) is 0.181. The molecule has 15 nitrogen and oxygen atoms in total. The van der Waals surface area contributed by atoms with E-state index in [4.69, 9.17) is 9.84 Å². The third-order valence-corrected chi connectivity index (χ3v) is 12.0. The van der Waals surface area contributed by atoms with Crippen LogP contribution in [-0.4, -0.2) is 211 Å². The molecule has 4 unspecified atom stereocenters. The van der Waals surface area contributed by atoms with Crippen molar-refractivity contribution in [3.63, 3.8) is 0 Å². The van der Waals surface area contributed by atoms with Crippen molar-refractivity contribution in [2.45, 2.75) is 79.9 Å². The number of amides is 3. The SMILES string of the molecule is C.C.C1CCOC1.CCO.CN(C)C(=O)C1CC(=O)N(Cc2ccccc2)C1.CN(C)CC1CCN(Cc2ccccc2)C1.CN(C)CC1CCNC1.CNC.COC(=O)C1CC(=O)N(Cc2ccccc2)C1.[AlH3].[H-].[Li+]. The van der Waals surface area contributed by atoms with Crippen LogP contribution >= 0.6 is 0 Å². The molecular weight excluding hydrogens is 955 g/mol. The van der Waals surface area contributed by atoms with Crippen molar-refractivity contribution in [3.05, 3.63) is 108 Å². The Morgan fingerprint density at radius 2 is 1.12 bits per heavy atom. The molecule has 5 heterocycles. The summed E-state index contributed by atoms with van der Waals surface area (Å²) >= 11 is 0. The van der Waals surface area contributed by atoms with Crippen molar-refractivity contribution in [2.75, 3.05) is 136 Å². The molecule has 0 saturated carbocycles. The van der Waals surface area contributed by atoms with E-state index in [-0.39, 0.29) is 101 Å². The summed E-state index contributed by atoms with van der Waals surface area (Å²) in [5.74, 6) is 1.10. The van der Waals surface area contributed by atoms with Crippen LogP contribution in [0.3, 0.4) is 0 Å². The van der Waals surface area contributed by atoms with E-state index in [0.29, 0.717) is 32.6 Å². The number of carbonyl (C=O) groups is 4. The largest absolute Gasteiger partial charge is 1.00 e. The number of ether oxygens (including phenoxy) is 2. The predicted octanol–water partition coefficient (Wildman–Crippen LogP) is 2.39. The number of aliphatic hydroxyl groups is 1. The van der Waals surface area contributed by atoms with Crippen LogP contribution < -0.4 is 29.5 Å². The number of likely N-dealkylation sites (tertiary alicyclic amines) is 3. The molecule has 5 saturated heterocycles. The van der Waals surface area contributed by atoms with Crippen molar-refractivity contribution in [2.24, 2.45) is 23.7 Å². The maximum Gasteiger partial charge on any atom is 1.00 e. The van der Waals surface area contributed by atoms with Crippen LogP contribution in [0.5, 0.6) is 0 Å². The molecule has 3 amide bonds. The molecule has 5 aliphatic heterocycles.